The normalized spacial score (nSPS) is 21.1. The van der Waals surface area contributed by atoms with Crippen LogP contribution in [0.3, 0.4) is 0 Å². The van der Waals surface area contributed by atoms with Gasteiger partial charge in [-0.3, -0.25) is 9.59 Å². The van der Waals surface area contributed by atoms with Gasteiger partial charge in [0.25, 0.3) is 0 Å². The Morgan fingerprint density at radius 2 is 1.07 bits per heavy atom. The first-order chi connectivity index (χ1) is 14.6. The van der Waals surface area contributed by atoms with E-state index in [9.17, 15) is 9.59 Å². The summed E-state index contributed by atoms with van der Waals surface area (Å²) < 4.78 is 11.5. The minimum absolute atomic E-state index is 0.176. The summed E-state index contributed by atoms with van der Waals surface area (Å²) in [4.78, 5) is 25.7. The van der Waals surface area contributed by atoms with Gasteiger partial charge in [-0.05, 0) is 50.4 Å². The maximum absolute atomic E-state index is 12.8. The molecular weight excluding hydrogens is 376 g/mol. The van der Waals surface area contributed by atoms with Crippen LogP contribution in [0.1, 0.15) is 118 Å². The number of ether oxygens (including phenoxy) is 2. The number of esters is 2. The molecule has 4 atom stereocenters. The number of hydrogen-bond acceptors (Lipinski definition) is 4. The second-order valence-corrected chi connectivity index (χ2v) is 9.35. The predicted molar refractivity (Wildman–Crippen MR) is 123 cm³/mol. The molecule has 1 aliphatic carbocycles. The van der Waals surface area contributed by atoms with E-state index in [4.69, 9.17) is 9.47 Å². The summed E-state index contributed by atoms with van der Waals surface area (Å²) in [6, 6.07) is 0. The van der Waals surface area contributed by atoms with Crippen LogP contribution in [0.25, 0.3) is 0 Å². The molecule has 1 aliphatic rings. The molecule has 0 radical (unpaired) electrons. The lowest BCUT2D eigenvalue weighted by Crippen LogP contribution is -2.36. The highest BCUT2D eigenvalue weighted by Crippen LogP contribution is 2.33. The molecule has 1 rings (SSSR count). The predicted octanol–water partition coefficient (Wildman–Crippen LogP) is 7.09. The lowest BCUT2D eigenvalue weighted by atomic mass is 9.79. The van der Waals surface area contributed by atoms with Crippen LogP contribution in [0.15, 0.2) is 0 Å². The Morgan fingerprint density at radius 1 is 0.667 bits per heavy atom. The maximum atomic E-state index is 12.8. The second kappa shape index (κ2) is 16.6. The van der Waals surface area contributed by atoms with Crippen molar-refractivity contribution in [3.63, 3.8) is 0 Å². The molecule has 4 nitrogen and oxygen atoms in total. The molecule has 0 aliphatic heterocycles. The van der Waals surface area contributed by atoms with Crippen molar-refractivity contribution < 1.29 is 19.1 Å². The molecule has 4 unspecified atom stereocenters. The molecule has 0 amide bonds. The average molecular weight is 425 g/mol. The summed E-state index contributed by atoms with van der Waals surface area (Å²) in [7, 11) is 0. The van der Waals surface area contributed by atoms with Gasteiger partial charge in [-0.1, -0.05) is 79.1 Å². The van der Waals surface area contributed by atoms with Crippen LogP contribution >= 0.6 is 0 Å². The molecular formula is C26H48O4. The van der Waals surface area contributed by atoms with Crippen LogP contribution in [0, 0.1) is 23.7 Å². The summed E-state index contributed by atoms with van der Waals surface area (Å²) in [6.45, 7) is 9.75. The van der Waals surface area contributed by atoms with Crippen molar-refractivity contribution >= 4 is 11.9 Å². The van der Waals surface area contributed by atoms with Crippen molar-refractivity contribution in [3.05, 3.63) is 0 Å². The Bertz CT molecular complexity index is 420. The van der Waals surface area contributed by atoms with Crippen LogP contribution in [0.2, 0.25) is 0 Å². The highest BCUT2D eigenvalue weighted by molar-refractivity contribution is 5.82. The van der Waals surface area contributed by atoms with E-state index in [1.54, 1.807) is 0 Å². The van der Waals surface area contributed by atoms with Crippen molar-refractivity contribution in [1.82, 2.24) is 0 Å². The van der Waals surface area contributed by atoms with Crippen LogP contribution < -0.4 is 0 Å². The van der Waals surface area contributed by atoms with Crippen molar-refractivity contribution in [2.24, 2.45) is 23.7 Å². The summed E-state index contributed by atoms with van der Waals surface area (Å²) in [6.07, 6.45) is 14.8. The van der Waals surface area contributed by atoms with Crippen LogP contribution in [0.4, 0.5) is 0 Å². The number of carbonyl (C=O) groups excluding carboxylic acids is 2. The van der Waals surface area contributed by atoms with Crippen molar-refractivity contribution in [2.45, 2.75) is 118 Å². The molecule has 0 N–H and O–H groups in total. The smallest absolute Gasteiger partial charge is 0.309 e. The molecule has 4 heteroatoms. The minimum Gasteiger partial charge on any atom is -0.465 e. The molecule has 30 heavy (non-hydrogen) atoms. The Balaban J connectivity index is 2.58. The average Bonchev–Trinajstić information content (AvgIpc) is 2.77. The molecule has 0 heterocycles. The third-order valence-electron chi connectivity index (χ3n) is 6.62. The molecule has 0 bridgehead atoms. The van der Waals surface area contributed by atoms with Gasteiger partial charge in [-0.15, -0.1) is 0 Å². The molecule has 0 spiro atoms. The Hall–Kier alpha value is -1.06. The zero-order chi connectivity index (χ0) is 22.2. The van der Waals surface area contributed by atoms with Gasteiger partial charge in [-0.25, -0.2) is 0 Å². The number of unbranched alkanes of at least 4 members (excludes halogenated alkanes) is 2. The van der Waals surface area contributed by atoms with E-state index in [1.807, 2.05) is 0 Å². The molecule has 1 saturated carbocycles. The number of hydrogen-bond donors (Lipinski definition) is 0. The monoisotopic (exact) mass is 424 g/mol. The molecule has 0 aromatic heterocycles. The van der Waals surface area contributed by atoms with Crippen molar-refractivity contribution in [1.29, 1.82) is 0 Å². The molecule has 0 aromatic carbocycles. The van der Waals surface area contributed by atoms with Crippen molar-refractivity contribution in [3.8, 4) is 0 Å². The summed E-state index contributed by atoms with van der Waals surface area (Å²) in [5.41, 5.74) is 0. The van der Waals surface area contributed by atoms with Gasteiger partial charge in [0.15, 0.2) is 0 Å². The topological polar surface area (TPSA) is 52.6 Å². The zero-order valence-corrected chi connectivity index (χ0v) is 20.3. The van der Waals surface area contributed by atoms with E-state index in [0.717, 1.165) is 64.2 Å². The van der Waals surface area contributed by atoms with E-state index in [2.05, 4.69) is 27.7 Å². The molecule has 1 fully saturated rings. The van der Waals surface area contributed by atoms with E-state index in [0.29, 0.717) is 25.0 Å². The van der Waals surface area contributed by atoms with Gasteiger partial charge in [-0.2, -0.15) is 0 Å². The lowest BCUT2D eigenvalue weighted by molar-refractivity contribution is -0.164. The fraction of sp³-hybridized carbons (Fsp3) is 0.923. The van der Waals surface area contributed by atoms with Gasteiger partial charge in [0.2, 0.25) is 0 Å². The fourth-order valence-electron chi connectivity index (χ4n) is 4.73. The van der Waals surface area contributed by atoms with E-state index in [1.165, 1.54) is 25.7 Å². The molecule has 0 saturated heterocycles. The van der Waals surface area contributed by atoms with E-state index >= 15 is 0 Å². The van der Waals surface area contributed by atoms with E-state index < -0.39 is 0 Å². The SMILES string of the molecule is CCCCC(CCC)COC(=O)C1CCCCC1C(=O)OCC(CCC)CCCC. The first-order valence-corrected chi connectivity index (χ1v) is 12.9. The first-order valence-electron chi connectivity index (χ1n) is 12.9. The minimum atomic E-state index is -0.319. The third-order valence-corrected chi connectivity index (χ3v) is 6.62. The number of rotatable bonds is 16. The largest absolute Gasteiger partial charge is 0.465 e. The van der Waals surface area contributed by atoms with Gasteiger partial charge < -0.3 is 9.47 Å². The maximum Gasteiger partial charge on any atom is 0.309 e. The highest BCUT2D eigenvalue weighted by atomic mass is 16.5. The van der Waals surface area contributed by atoms with Crippen LogP contribution in [-0.2, 0) is 19.1 Å². The van der Waals surface area contributed by atoms with Gasteiger partial charge in [0, 0.05) is 0 Å². The third kappa shape index (κ3) is 10.3. The quantitative estimate of drug-likeness (QED) is 0.248. The number of carbonyl (C=O) groups is 2. The Kier molecular flexibility index (Phi) is 14.9. The lowest BCUT2D eigenvalue weighted by Gasteiger charge is -2.29. The van der Waals surface area contributed by atoms with E-state index in [-0.39, 0.29) is 23.8 Å². The molecule has 176 valence electrons. The Labute approximate surface area is 185 Å². The van der Waals surface area contributed by atoms with Crippen LogP contribution in [0.5, 0.6) is 0 Å². The summed E-state index contributed by atoms with van der Waals surface area (Å²) in [5, 5.41) is 0. The standard InChI is InChI=1S/C26H48O4/c1-5-9-15-21(13-7-3)19-29-25(27)23-17-11-12-18-24(23)26(28)30-20-22(14-8-4)16-10-6-2/h21-24H,5-20H2,1-4H3. The fourth-order valence-corrected chi connectivity index (χ4v) is 4.73. The van der Waals surface area contributed by atoms with Gasteiger partial charge in [0.05, 0.1) is 25.0 Å². The van der Waals surface area contributed by atoms with Crippen LogP contribution in [-0.4, -0.2) is 25.2 Å². The first kappa shape index (κ1) is 27.0. The second-order valence-electron chi connectivity index (χ2n) is 9.35. The highest BCUT2D eigenvalue weighted by Gasteiger charge is 2.38. The summed E-state index contributed by atoms with van der Waals surface area (Å²) >= 11 is 0. The van der Waals surface area contributed by atoms with Gasteiger partial charge >= 0.3 is 11.9 Å². The van der Waals surface area contributed by atoms with Crippen molar-refractivity contribution in [2.75, 3.05) is 13.2 Å². The Morgan fingerprint density at radius 3 is 1.40 bits per heavy atom. The van der Waals surface area contributed by atoms with Gasteiger partial charge in [0.1, 0.15) is 0 Å². The zero-order valence-electron chi connectivity index (χ0n) is 20.3. The summed E-state index contributed by atoms with van der Waals surface area (Å²) in [5.74, 6) is -0.0989. The molecule has 0 aromatic rings.